The molecular formula is C18H17F2NO4S. The number of carbonyl (C=O) groups excluding carboxylic acids is 1. The summed E-state index contributed by atoms with van der Waals surface area (Å²) >= 11 is 0. The van der Waals surface area contributed by atoms with Crippen LogP contribution in [-0.4, -0.2) is 33.0 Å². The Balaban J connectivity index is 1.93. The van der Waals surface area contributed by atoms with Crippen LogP contribution < -0.4 is 5.32 Å². The predicted molar refractivity (Wildman–Crippen MR) is 92.0 cm³/mol. The Kier molecular flexibility index (Phi) is 6.97. The van der Waals surface area contributed by atoms with E-state index in [2.05, 4.69) is 5.32 Å². The van der Waals surface area contributed by atoms with Gasteiger partial charge >= 0.3 is 5.97 Å². The second-order valence-electron chi connectivity index (χ2n) is 5.56. The molecule has 0 bridgehead atoms. The van der Waals surface area contributed by atoms with E-state index in [1.807, 2.05) is 0 Å². The fourth-order valence-electron chi connectivity index (χ4n) is 2.32. The van der Waals surface area contributed by atoms with E-state index >= 15 is 0 Å². The highest BCUT2D eigenvalue weighted by atomic mass is 32.2. The van der Waals surface area contributed by atoms with E-state index in [1.165, 1.54) is 0 Å². The molecule has 0 aromatic heterocycles. The zero-order valence-corrected chi connectivity index (χ0v) is 14.5. The maximum Gasteiger partial charge on any atom is 0.326 e. The van der Waals surface area contributed by atoms with Gasteiger partial charge in [0.2, 0.25) is 5.91 Å². The molecule has 0 aliphatic rings. The molecule has 0 saturated heterocycles. The monoisotopic (exact) mass is 381 g/mol. The first-order valence-corrected chi connectivity index (χ1v) is 9.07. The van der Waals surface area contributed by atoms with E-state index in [4.69, 9.17) is 0 Å². The summed E-state index contributed by atoms with van der Waals surface area (Å²) in [6, 6.07) is 10.0. The molecule has 2 rings (SSSR count). The van der Waals surface area contributed by atoms with Crippen LogP contribution in [0.3, 0.4) is 0 Å². The third kappa shape index (κ3) is 6.03. The first-order valence-electron chi connectivity index (χ1n) is 7.75. The molecule has 0 saturated carbocycles. The SMILES string of the molecule is O=C(Cc1cc(F)cc(F)c1)N[C@H](CC[S@@](=O)c1ccccc1)C(=O)O. The van der Waals surface area contributed by atoms with Gasteiger partial charge in [-0.2, -0.15) is 0 Å². The van der Waals surface area contributed by atoms with Gasteiger partial charge in [-0.1, -0.05) is 18.2 Å². The molecule has 1 amide bonds. The van der Waals surface area contributed by atoms with Crippen molar-refractivity contribution in [2.24, 2.45) is 0 Å². The molecule has 5 nitrogen and oxygen atoms in total. The summed E-state index contributed by atoms with van der Waals surface area (Å²) < 4.78 is 38.4. The van der Waals surface area contributed by atoms with Crippen LogP contribution in [0.1, 0.15) is 12.0 Å². The van der Waals surface area contributed by atoms with E-state index in [0.29, 0.717) is 11.0 Å². The molecule has 138 valence electrons. The number of nitrogens with one attached hydrogen (secondary N) is 1. The van der Waals surface area contributed by atoms with Crippen molar-refractivity contribution in [3.63, 3.8) is 0 Å². The minimum Gasteiger partial charge on any atom is -0.480 e. The first-order chi connectivity index (χ1) is 12.3. The lowest BCUT2D eigenvalue weighted by Gasteiger charge is -2.14. The number of aliphatic carboxylic acids is 1. The first kappa shape index (κ1) is 19.7. The van der Waals surface area contributed by atoms with Crippen molar-refractivity contribution in [1.29, 1.82) is 0 Å². The number of benzene rings is 2. The lowest BCUT2D eigenvalue weighted by atomic mass is 10.1. The smallest absolute Gasteiger partial charge is 0.326 e. The van der Waals surface area contributed by atoms with Gasteiger partial charge in [0.25, 0.3) is 0 Å². The largest absolute Gasteiger partial charge is 0.480 e. The molecule has 0 spiro atoms. The maximum absolute atomic E-state index is 13.1. The number of carbonyl (C=O) groups is 2. The van der Waals surface area contributed by atoms with E-state index in [-0.39, 0.29) is 24.2 Å². The normalized spacial score (nSPS) is 13.0. The van der Waals surface area contributed by atoms with Crippen LogP contribution in [0, 0.1) is 11.6 Å². The second-order valence-corrected chi connectivity index (χ2v) is 7.13. The van der Waals surface area contributed by atoms with Crippen molar-refractivity contribution in [3.05, 3.63) is 65.7 Å². The van der Waals surface area contributed by atoms with E-state index in [9.17, 15) is 27.7 Å². The number of hydrogen-bond acceptors (Lipinski definition) is 3. The highest BCUT2D eigenvalue weighted by Gasteiger charge is 2.21. The van der Waals surface area contributed by atoms with Gasteiger partial charge in [0, 0.05) is 16.7 Å². The third-order valence-corrected chi connectivity index (χ3v) is 4.92. The van der Waals surface area contributed by atoms with Gasteiger partial charge in [-0.05, 0) is 36.2 Å². The third-order valence-electron chi connectivity index (χ3n) is 3.52. The lowest BCUT2D eigenvalue weighted by Crippen LogP contribution is -2.42. The lowest BCUT2D eigenvalue weighted by molar-refractivity contribution is -0.141. The Morgan fingerprint density at radius 3 is 2.27 bits per heavy atom. The van der Waals surface area contributed by atoms with Crippen LogP contribution >= 0.6 is 0 Å². The second kappa shape index (κ2) is 9.19. The van der Waals surface area contributed by atoms with Gasteiger partial charge in [0.1, 0.15) is 17.7 Å². The number of carboxylic acids is 1. The average molecular weight is 381 g/mol. The van der Waals surface area contributed by atoms with E-state index in [0.717, 1.165) is 12.1 Å². The van der Waals surface area contributed by atoms with Crippen LogP contribution in [0.5, 0.6) is 0 Å². The van der Waals surface area contributed by atoms with E-state index in [1.54, 1.807) is 30.3 Å². The van der Waals surface area contributed by atoms with E-state index < -0.39 is 40.4 Å². The molecule has 0 aliphatic carbocycles. The minimum absolute atomic E-state index is 0.0416. The van der Waals surface area contributed by atoms with Crippen LogP contribution in [0.4, 0.5) is 8.78 Å². The molecule has 0 fully saturated rings. The number of rotatable bonds is 8. The quantitative estimate of drug-likeness (QED) is 0.735. The highest BCUT2D eigenvalue weighted by molar-refractivity contribution is 7.85. The zero-order valence-electron chi connectivity index (χ0n) is 13.7. The highest BCUT2D eigenvalue weighted by Crippen LogP contribution is 2.10. The molecule has 2 atom stereocenters. The fourth-order valence-corrected chi connectivity index (χ4v) is 3.46. The Morgan fingerprint density at radius 1 is 1.08 bits per heavy atom. The fraction of sp³-hybridized carbons (Fsp3) is 0.222. The summed E-state index contributed by atoms with van der Waals surface area (Å²) in [5.74, 6) is -3.54. The van der Waals surface area contributed by atoms with Crippen molar-refractivity contribution in [1.82, 2.24) is 5.32 Å². The summed E-state index contributed by atoms with van der Waals surface area (Å²) in [5.41, 5.74) is 0.0944. The molecule has 0 unspecified atom stereocenters. The average Bonchev–Trinajstić information content (AvgIpc) is 2.57. The summed E-state index contributed by atoms with van der Waals surface area (Å²) in [6.45, 7) is 0. The summed E-state index contributed by atoms with van der Waals surface area (Å²) in [7, 11) is -1.39. The van der Waals surface area contributed by atoms with Gasteiger partial charge in [-0.15, -0.1) is 0 Å². The molecule has 26 heavy (non-hydrogen) atoms. The van der Waals surface area contributed by atoms with Crippen molar-refractivity contribution in [2.45, 2.75) is 23.8 Å². The van der Waals surface area contributed by atoms with Crippen LogP contribution in [0.25, 0.3) is 0 Å². The molecular weight excluding hydrogens is 364 g/mol. The number of carboxylic acid groups (broad SMARTS) is 1. The molecule has 2 aromatic carbocycles. The van der Waals surface area contributed by atoms with Gasteiger partial charge in [-0.25, -0.2) is 13.6 Å². The minimum atomic E-state index is -1.39. The number of hydrogen-bond donors (Lipinski definition) is 2. The zero-order chi connectivity index (χ0) is 19.1. The van der Waals surface area contributed by atoms with Crippen LogP contribution in [0.2, 0.25) is 0 Å². The Bertz CT molecular complexity index is 794. The topological polar surface area (TPSA) is 83.5 Å². The molecule has 2 N–H and O–H groups in total. The van der Waals surface area contributed by atoms with Crippen molar-refractivity contribution >= 4 is 22.7 Å². The Morgan fingerprint density at radius 2 is 1.69 bits per heavy atom. The van der Waals surface area contributed by atoms with Gasteiger partial charge in [-0.3, -0.25) is 9.00 Å². The summed E-state index contributed by atoms with van der Waals surface area (Å²) in [5, 5.41) is 11.5. The maximum atomic E-state index is 13.1. The Labute approximate surface area is 151 Å². The summed E-state index contributed by atoms with van der Waals surface area (Å²) in [4.78, 5) is 23.8. The standard InChI is InChI=1S/C18H17F2NO4S/c19-13-8-12(9-14(20)11-13)10-17(22)21-16(18(23)24)6-7-26(25)15-4-2-1-3-5-15/h1-5,8-9,11,16H,6-7,10H2,(H,21,22)(H,23,24)/t16-,26-/m1/s1. The van der Waals surface area contributed by atoms with Crippen molar-refractivity contribution < 1.29 is 27.7 Å². The predicted octanol–water partition coefficient (Wildman–Crippen LogP) is 2.27. The molecule has 0 radical (unpaired) electrons. The summed E-state index contributed by atoms with van der Waals surface area (Å²) in [6.07, 6.45) is -0.402. The number of amides is 1. The van der Waals surface area contributed by atoms with Gasteiger partial charge < -0.3 is 10.4 Å². The Hall–Kier alpha value is -2.61. The van der Waals surface area contributed by atoms with Gasteiger partial charge in [0.05, 0.1) is 17.2 Å². The van der Waals surface area contributed by atoms with Crippen molar-refractivity contribution in [2.75, 3.05) is 5.75 Å². The molecule has 0 heterocycles. The molecule has 2 aromatic rings. The van der Waals surface area contributed by atoms with Crippen LogP contribution in [-0.2, 0) is 26.8 Å². The van der Waals surface area contributed by atoms with Crippen molar-refractivity contribution in [3.8, 4) is 0 Å². The molecule has 0 aliphatic heterocycles. The van der Waals surface area contributed by atoms with Gasteiger partial charge in [0.15, 0.2) is 0 Å². The number of halogens is 2. The van der Waals surface area contributed by atoms with Crippen LogP contribution in [0.15, 0.2) is 53.4 Å². The molecule has 8 heteroatoms.